The summed E-state index contributed by atoms with van der Waals surface area (Å²) in [6, 6.07) is 12.4. The van der Waals surface area contributed by atoms with Gasteiger partial charge in [-0.3, -0.25) is 4.79 Å². The van der Waals surface area contributed by atoms with Crippen molar-refractivity contribution >= 4 is 34.2 Å². The monoisotopic (exact) mass is 353 g/mol. The Balaban J connectivity index is 2.24. The molecule has 0 radical (unpaired) electrons. The third-order valence-corrected chi connectivity index (χ3v) is 3.16. The zero-order chi connectivity index (χ0) is 13.1. The number of amides is 1. The predicted octanol–water partition coefficient (Wildman–Crippen LogP) is 3.56. The van der Waals surface area contributed by atoms with Crippen LogP contribution in [0.1, 0.15) is 15.9 Å². The van der Waals surface area contributed by atoms with Gasteiger partial charge in [0, 0.05) is 9.13 Å². The maximum atomic E-state index is 12.0. The molecule has 0 bridgehead atoms. The highest BCUT2D eigenvalue weighted by Crippen LogP contribution is 2.24. The summed E-state index contributed by atoms with van der Waals surface area (Å²) in [5.41, 5.74) is 1.98. The van der Waals surface area contributed by atoms with Crippen LogP contribution < -0.4 is 5.32 Å². The lowest BCUT2D eigenvalue weighted by atomic mass is 10.2. The van der Waals surface area contributed by atoms with Gasteiger partial charge in [-0.05, 0) is 65.4 Å². The number of hydrogen-bond acceptors (Lipinski definition) is 2. The molecule has 1 amide bonds. The van der Waals surface area contributed by atoms with E-state index >= 15 is 0 Å². The highest BCUT2D eigenvalue weighted by atomic mass is 127. The molecule has 0 saturated heterocycles. The largest absolute Gasteiger partial charge is 0.506 e. The summed E-state index contributed by atoms with van der Waals surface area (Å²) in [5, 5.41) is 12.4. The number of hydrogen-bond donors (Lipinski definition) is 2. The Bertz CT molecular complexity index is 596. The Kier molecular flexibility index (Phi) is 3.86. The molecule has 0 aromatic heterocycles. The molecule has 2 aromatic rings. The van der Waals surface area contributed by atoms with Crippen molar-refractivity contribution in [2.24, 2.45) is 0 Å². The van der Waals surface area contributed by atoms with Crippen molar-refractivity contribution in [1.29, 1.82) is 0 Å². The van der Waals surface area contributed by atoms with Crippen molar-refractivity contribution < 1.29 is 9.90 Å². The van der Waals surface area contributed by atoms with Crippen molar-refractivity contribution in [2.45, 2.75) is 6.92 Å². The van der Waals surface area contributed by atoms with Gasteiger partial charge in [-0.2, -0.15) is 0 Å². The number of benzene rings is 2. The standard InChI is InChI=1S/C14H12INO2/c1-9-5-6-13(17)12(7-9)16-14(18)10-3-2-4-11(15)8-10/h2-8,17H,1H3,(H,16,18). The minimum Gasteiger partial charge on any atom is -0.506 e. The van der Waals surface area contributed by atoms with Crippen molar-refractivity contribution in [2.75, 3.05) is 5.32 Å². The first-order valence-electron chi connectivity index (χ1n) is 5.43. The molecule has 0 aliphatic rings. The summed E-state index contributed by atoms with van der Waals surface area (Å²) >= 11 is 2.15. The summed E-state index contributed by atoms with van der Waals surface area (Å²) in [7, 11) is 0. The molecule has 0 fully saturated rings. The van der Waals surface area contributed by atoms with Crippen molar-refractivity contribution in [3.63, 3.8) is 0 Å². The Morgan fingerprint density at radius 3 is 2.72 bits per heavy atom. The van der Waals surface area contributed by atoms with E-state index in [1.54, 1.807) is 30.3 Å². The minimum absolute atomic E-state index is 0.0691. The van der Waals surface area contributed by atoms with E-state index in [2.05, 4.69) is 27.9 Å². The minimum atomic E-state index is -0.227. The third kappa shape index (κ3) is 3.01. The average molecular weight is 353 g/mol. The zero-order valence-corrected chi connectivity index (χ0v) is 11.9. The van der Waals surface area contributed by atoms with Crippen LogP contribution in [0.5, 0.6) is 5.75 Å². The van der Waals surface area contributed by atoms with Crippen LogP contribution in [-0.2, 0) is 0 Å². The molecule has 0 saturated carbocycles. The van der Waals surface area contributed by atoms with E-state index in [0.29, 0.717) is 11.3 Å². The smallest absolute Gasteiger partial charge is 0.255 e. The fourth-order valence-electron chi connectivity index (χ4n) is 1.57. The summed E-state index contributed by atoms with van der Waals surface area (Å²) in [4.78, 5) is 12.0. The SMILES string of the molecule is Cc1ccc(O)c(NC(=O)c2cccc(I)c2)c1. The fourth-order valence-corrected chi connectivity index (χ4v) is 2.12. The average Bonchev–Trinajstić information content (AvgIpc) is 2.34. The summed E-state index contributed by atoms with van der Waals surface area (Å²) < 4.78 is 0.994. The highest BCUT2D eigenvalue weighted by Gasteiger charge is 2.09. The highest BCUT2D eigenvalue weighted by molar-refractivity contribution is 14.1. The summed E-state index contributed by atoms with van der Waals surface area (Å²) in [6.45, 7) is 1.90. The number of halogens is 1. The number of aryl methyl sites for hydroxylation is 1. The normalized spacial score (nSPS) is 10.1. The molecule has 4 heteroatoms. The number of phenols is 1. The fraction of sp³-hybridized carbons (Fsp3) is 0.0714. The molecule has 0 atom stereocenters. The molecule has 18 heavy (non-hydrogen) atoms. The molecular formula is C14H12INO2. The Morgan fingerprint density at radius 1 is 1.22 bits per heavy atom. The first kappa shape index (κ1) is 12.9. The van der Waals surface area contributed by atoms with Gasteiger partial charge >= 0.3 is 0 Å². The lowest BCUT2D eigenvalue weighted by Gasteiger charge is -2.08. The molecule has 3 nitrogen and oxygen atoms in total. The summed E-state index contributed by atoms with van der Waals surface area (Å²) in [6.07, 6.45) is 0. The maximum Gasteiger partial charge on any atom is 0.255 e. The van der Waals surface area contributed by atoms with E-state index in [1.807, 2.05) is 19.1 Å². The van der Waals surface area contributed by atoms with Gasteiger partial charge in [-0.25, -0.2) is 0 Å². The third-order valence-electron chi connectivity index (χ3n) is 2.49. The van der Waals surface area contributed by atoms with E-state index in [0.717, 1.165) is 9.13 Å². The van der Waals surface area contributed by atoms with Crippen molar-refractivity contribution in [1.82, 2.24) is 0 Å². The van der Waals surface area contributed by atoms with E-state index in [-0.39, 0.29) is 11.7 Å². The van der Waals surface area contributed by atoms with Crippen LogP contribution in [0, 0.1) is 10.5 Å². The van der Waals surface area contributed by atoms with Gasteiger partial charge in [0.25, 0.3) is 5.91 Å². The number of rotatable bonds is 2. The predicted molar refractivity (Wildman–Crippen MR) is 80.0 cm³/mol. The van der Waals surface area contributed by atoms with Crippen LogP contribution >= 0.6 is 22.6 Å². The molecule has 0 heterocycles. The second-order valence-electron chi connectivity index (χ2n) is 3.99. The van der Waals surface area contributed by atoms with Crippen molar-refractivity contribution in [3.8, 4) is 5.75 Å². The Hall–Kier alpha value is -1.56. The number of aromatic hydroxyl groups is 1. The molecule has 0 aliphatic carbocycles. The second kappa shape index (κ2) is 5.39. The number of carbonyl (C=O) groups excluding carboxylic acids is 1. The quantitative estimate of drug-likeness (QED) is 0.641. The van der Waals surface area contributed by atoms with Gasteiger partial charge in [0.1, 0.15) is 5.75 Å². The van der Waals surface area contributed by atoms with Crippen LogP contribution in [0.4, 0.5) is 5.69 Å². The zero-order valence-electron chi connectivity index (χ0n) is 9.77. The van der Waals surface area contributed by atoms with Crippen LogP contribution in [-0.4, -0.2) is 11.0 Å². The van der Waals surface area contributed by atoms with Crippen LogP contribution in [0.25, 0.3) is 0 Å². The molecule has 0 unspecified atom stereocenters. The van der Waals surface area contributed by atoms with E-state index in [1.165, 1.54) is 0 Å². The Labute approximate surface area is 119 Å². The van der Waals surface area contributed by atoms with E-state index in [9.17, 15) is 9.90 Å². The lowest BCUT2D eigenvalue weighted by Crippen LogP contribution is -2.12. The molecule has 92 valence electrons. The first-order valence-corrected chi connectivity index (χ1v) is 6.50. The van der Waals surface area contributed by atoms with E-state index in [4.69, 9.17) is 0 Å². The molecule has 2 rings (SSSR count). The topological polar surface area (TPSA) is 49.3 Å². The van der Waals surface area contributed by atoms with E-state index < -0.39 is 0 Å². The maximum absolute atomic E-state index is 12.0. The number of anilines is 1. The van der Waals surface area contributed by atoms with Crippen LogP contribution in [0.2, 0.25) is 0 Å². The number of phenolic OH excluding ortho intramolecular Hbond substituents is 1. The van der Waals surface area contributed by atoms with Gasteiger partial charge in [0.2, 0.25) is 0 Å². The molecule has 0 spiro atoms. The molecule has 2 aromatic carbocycles. The van der Waals surface area contributed by atoms with Gasteiger partial charge in [0.15, 0.2) is 0 Å². The van der Waals surface area contributed by atoms with Gasteiger partial charge in [0.05, 0.1) is 5.69 Å². The molecular weight excluding hydrogens is 341 g/mol. The summed E-state index contributed by atoms with van der Waals surface area (Å²) in [5.74, 6) is -0.158. The van der Waals surface area contributed by atoms with Crippen LogP contribution in [0.3, 0.4) is 0 Å². The van der Waals surface area contributed by atoms with Crippen LogP contribution in [0.15, 0.2) is 42.5 Å². The Morgan fingerprint density at radius 2 is 2.00 bits per heavy atom. The van der Waals surface area contributed by atoms with Gasteiger partial charge in [-0.1, -0.05) is 12.1 Å². The number of carbonyl (C=O) groups is 1. The van der Waals surface area contributed by atoms with Crippen molar-refractivity contribution in [3.05, 3.63) is 57.2 Å². The number of nitrogens with one attached hydrogen (secondary N) is 1. The second-order valence-corrected chi connectivity index (χ2v) is 5.23. The molecule has 2 N–H and O–H groups in total. The van der Waals surface area contributed by atoms with Gasteiger partial charge < -0.3 is 10.4 Å². The first-order chi connectivity index (χ1) is 8.56. The van der Waals surface area contributed by atoms with Gasteiger partial charge in [-0.15, -0.1) is 0 Å². The lowest BCUT2D eigenvalue weighted by molar-refractivity contribution is 0.102. The molecule has 0 aliphatic heterocycles.